The van der Waals surface area contributed by atoms with Crippen molar-refractivity contribution in [1.82, 2.24) is 4.98 Å². The van der Waals surface area contributed by atoms with E-state index in [0.717, 1.165) is 55.9 Å². The van der Waals surface area contributed by atoms with Crippen LogP contribution in [-0.2, 0) is 14.3 Å². The number of ether oxygens (including phenoxy) is 2. The number of carbonyl (C=O) groups excluding carboxylic acids is 1. The SMILES string of the molecule is COC1=C2OCC3CCC(C(=O)Nc4ccncc4)CCC23CC=C1. The number of nitrogens with one attached hydrogen (secondary N) is 1. The third kappa shape index (κ3) is 2.81. The van der Waals surface area contributed by atoms with Crippen LogP contribution in [0.25, 0.3) is 0 Å². The van der Waals surface area contributed by atoms with Crippen molar-refractivity contribution in [3.8, 4) is 0 Å². The molecule has 0 radical (unpaired) electrons. The number of amides is 1. The highest BCUT2D eigenvalue weighted by Gasteiger charge is 2.52. The molecule has 1 aromatic rings. The number of pyridine rings is 1. The van der Waals surface area contributed by atoms with E-state index in [-0.39, 0.29) is 17.2 Å². The smallest absolute Gasteiger partial charge is 0.227 e. The van der Waals surface area contributed by atoms with Crippen molar-refractivity contribution in [2.75, 3.05) is 19.0 Å². The van der Waals surface area contributed by atoms with Crippen LogP contribution in [-0.4, -0.2) is 24.6 Å². The summed E-state index contributed by atoms with van der Waals surface area (Å²) in [5.41, 5.74) is 0.833. The van der Waals surface area contributed by atoms with Crippen molar-refractivity contribution in [2.45, 2.75) is 32.1 Å². The van der Waals surface area contributed by atoms with Gasteiger partial charge in [0.1, 0.15) is 5.76 Å². The highest BCUT2D eigenvalue weighted by molar-refractivity contribution is 5.92. The molecule has 1 aromatic heterocycles. The topological polar surface area (TPSA) is 60.5 Å². The second-order valence-corrected chi connectivity index (χ2v) is 7.21. The zero-order valence-corrected chi connectivity index (χ0v) is 14.5. The minimum absolute atomic E-state index is 0.0196. The predicted octanol–water partition coefficient (Wildman–Crippen LogP) is 3.66. The van der Waals surface area contributed by atoms with Gasteiger partial charge in [0.2, 0.25) is 5.91 Å². The lowest BCUT2D eigenvalue weighted by molar-refractivity contribution is -0.120. The Balaban J connectivity index is 1.50. The molecular formula is C20H24N2O3. The van der Waals surface area contributed by atoms with Crippen LogP contribution in [0.2, 0.25) is 0 Å². The first kappa shape index (κ1) is 16.2. The fourth-order valence-electron chi connectivity index (χ4n) is 4.56. The van der Waals surface area contributed by atoms with E-state index >= 15 is 0 Å². The molecule has 1 aliphatic heterocycles. The first-order valence-electron chi connectivity index (χ1n) is 9.02. The van der Waals surface area contributed by atoms with E-state index in [1.807, 2.05) is 18.2 Å². The quantitative estimate of drug-likeness (QED) is 0.912. The number of nitrogens with zero attached hydrogens (tertiary/aromatic N) is 1. The van der Waals surface area contributed by atoms with Crippen LogP contribution < -0.4 is 5.32 Å². The fraction of sp³-hybridized carbons (Fsp3) is 0.500. The lowest BCUT2D eigenvalue weighted by Crippen LogP contribution is -2.29. The largest absolute Gasteiger partial charge is 0.493 e. The average Bonchev–Trinajstić information content (AvgIpc) is 2.91. The molecule has 2 heterocycles. The lowest BCUT2D eigenvalue weighted by atomic mass is 9.68. The highest BCUT2D eigenvalue weighted by Crippen LogP contribution is 2.56. The summed E-state index contributed by atoms with van der Waals surface area (Å²) in [4.78, 5) is 16.7. The number of hydrogen-bond acceptors (Lipinski definition) is 4. The second-order valence-electron chi connectivity index (χ2n) is 7.21. The van der Waals surface area contributed by atoms with Crippen molar-refractivity contribution in [1.29, 1.82) is 0 Å². The molecule has 0 bridgehead atoms. The molecule has 1 saturated carbocycles. The Labute approximate surface area is 148 Å². The number of methoxy groups -OCH3 is 1. The van der Waals surface area contributed by atoms with Crippen molar-refractivity contribution >= 4 is 11.6 Å². The molecule has 2 fully saturated rings. The summed E-state index contributed by atoms with van der Waals surface area (Å²) in [5, 5.41) is 3.03. The number of anilines is 1. The van der Waals surface area contributed by atoms with Crippen LogP contribution in [0.1, 0.15) is 32.1 Å². The van der Waals surface area contributed by atoms with Gasteiger partial charge in [-0.2, -0.15) is 0 Å². The average molecular weight is 340 g/mol. The monoisotopic (exact) mass is 340 g/mol. The Morgan fingerprint density at radius 2 is 2.16 bits per heavy atom. The van der Waals surface area contributed by atoms with Gasteiger partial charge in [-0.05, 0) is 50.3 Å². The molecule has 3 unspecified atom stereocenters. The van der Waals surface area contributed by atoms with Crippen LogP contribution >= 0.6 is 0 Å². The van der Waals surface area contributed by atoms with E-state index in [1.165, 1.54) is 0 Å². The van der Waals surface area contributed by atoms with Gasteiger partial charge in [-0.25, -0.2) is 0 Å². The maximum atomic E-state index is 12.7. The van der Waals surface area contributed by atoms with E-state index in [2.05, 4.69) is 16.4 Å². The van der Waals surface area contributed by atoms with Gasteiger partial charge in [0.15, 0.2) is 5.76 Å². The predicted molar refractivity (Wildman–Crippen MR) is 94.5 cm³/mol. The molecule has 1 saturated heterocycles. The van der Waals surface area contributed by atoms with Crippen LogP contribution in [0.4, 0.5) is 5.69 Å². The Morgan fingerprint density at radius 1 is 1.32 bits per heavy atom. The number of aromatic nitrogens is 1. The molecule has 4 rings (SSSR count). The Kier molecular flexibility index (Phi) is 4.24. The van der Waals surface area contributed by atoms with Gasteiger partial charge in [0.25, 0.3) is 0 Å². The number of rotatable bonds is 3. The van der Waals surface area contributed by atoms with E-state index in [1.54, 1.807) is 19.5 Å². The van der Waals surface area contributed by atoms with Crippen molar-refractivity contribution in [3.63, 3.8) is 0 Å². The highest BCUT2D eigenvalue weighted by atomic mass is 16.5. The Bertz CT molecular complexity index is 713. The summed E-state index contributed by atoms with van der Waals surface area (Å²) in [6.45, 7) is 0.739. The van der Waals surface area contributed by atoms with E-state index < -0.39 is 0 Å². The first-order chi connectivity index (χ1) is 12.2. The second kappa shape index (κ2) is 6.54. The van der Waals surface area contributed by atoms with Crippen LogP contribution in [0.5, 0.6) is 0 Å². The van der Waals surface area contributed by atoms with Crippen molar-refractivity contribution in [3.05, 3.63) is 48.2 Å². The third-order valence-electron chi connectivity index (χ3n) is 5.98. The summed E-state index contributed by atoms with van der Waals surface area (Å²) >= 11 is 0. The van der Waals surface area contributed by atoms with Gasteiger partial charge >= 0.3 is 0 Å². The van der Waals surface area contributed by atoms with Crippen LogP contribution in [0.15, 0.2) is 48.2 Å². The maximum Gasteiger partial charge on any atom is 0.227 e. The van der Waals surface area contributed by atoms with Crippen LogP contribution in [0.3, 0.4) is 0 Å². The maximum absolute atomic E-state index is 12.7. The minimum atomic E-state index is 0.0196. The molecule has 1 spiro atoms. The van der Waals surface area contributed by atoms with Gasteiger partial charge in [0, 0.05) is 35.3 Å². The van der Waals surface area contributed by atoms with E-state index in [9.17, 15) is 4.79 Å². The standard InChI is InChI=1S/C20H24N2O3/c1-24-17-3-2-9-20-10-6-14(4-5-15(20)13-25-18(17)20)19(23)22-16-7-11-21-12-8-16/h2-3,7-8,11-12,14-15H,4-6,9-10,13H2,1H3,(H,21,22,23). The summed E-state index contributed by atoms with van der Waals surface area (Å²) < 4.78 is 11.6. The zero-order chi connectivity index (χ0) is 17.3. The third-order valence-corrected chi connectivity index (χ3v) is 5.98. The Morgan fingerprint density at radius 3 is 2.96 bits per heavy atom. The van der Waals surface area contributed by atoms with Gasteiger partial charge in [-0.1, -0.05) is 6.08 Å². The molecule has 3 atom stereocenters. The van der Waals surface area contributed by atoms with E-state index in [0.29, 0.717) is 5.92 Å². The van der Waals surface area contributed by atoms with Crippen molar-refractivity contribution < 1.29 is 14.3 Å². The van der Waals surface area contributed by atoms with Gasteiger partial charge in [-0.15, -0.1) is 0 Å². The summed E-state index contributed by atoms with van der Waals surface area (Å²) in [5.74, 6) is 2.50. The summed E-state index contributed by atoms with van der Waals surface area (Å²) in [6, 6.07) is 3.65. The molecule has 2 aliphatic carbocycles. The van der Waals surface area contributed by atoms with E-state index in [4.69, 9.17) is 9.47 Å². The van der Waals surface area contributed by atoms with Gasteiger partial charge in [0.05, 0.1) is 13.7 Å². The normalized spacial score (nSPS) is 30.8. The molecule has 0 aromatic carbocycles. The molecule has 5 nitrogen and oxygen atoms in total. The number of carbonyl (C=O) groups is 1. The zero-order valence-electron chi connectivity index (χ0n) is 14.5. The summed E-state index contributed by atoms with van der Waals surface area (Å²) in [7, 11) is 1.70. The molecule has 132 valence electrons. The molecule has 1 amide bonds. The molecule has 1 N–H and O–H groups in total. The molecule has 5 heteroatoms. The molecular weight excluding hydrogens is 316 g/mol. The summed E-state index contributed by atoms with van der Waals surface area (Å²) in [6.07, 6.45) is 12.4. The fourth-order valence-corrected chi connectivity index (χ4v) is 4.56. The minimum Gasteiger partial charge on any atom is -0.493 e. The first-order valence-corrected chi connectivity index (χ1v) is 9.02. The Hall–Kier alpha value is -2.30. The lowest BCUT2D eigenvalue weighted by Gasteiger charge is -2.34. The number of hydrogen-bond donors (Lipinski definition) is 1. The number of allylic oxidation sites excluding steroid dienone is 3. The van der Waals surface area contributed by atoms with Crippen LogP contribution in [0, 0.1) is 17.3 Å². The van der Waals surface area contributed by atoms with Gasteiger partial charge < -0.3 is 14.8 Å². The molecule has 3 aliphatic rings. The van der Waals surface area contributed by atoms with Gasteiger partial charge in [-0.3, -0.25) is 9.78 Å². The molecule has 25 heavy (non-hydrogen) atoms. The van der Waals surface area contributed by atoms with Crippen molar-refractivity contribution in [2.24, 2.45) is 17.3 Å².